The number of hydrogen-bond acceptors (Lipinski definition) is 3. The molecule has 0 spiro atoms. The quantitative estimate of drug-likeness (QED) is 0.823. The number of hydrogen-bond donors (Lipinski definition) is 1. The van der Waals surface area contributed by atoms with Gasteiger partial charge in [0.25, 0.3) is 0 Å². The zero-order valence-electron chi connectivity index (χ0n) is 12.1. The number of nitrogens with zero attached hydrogens (tertiary/aromatic N) is 2. The van der Waals surface area contributed by atoms with Gasteiger partial charge in [-0.2, -0.15) is 18.4 Å². The molecule has 1 fully saturated rings. The standard InChI is InChI=1S/C14H15F4N3.2ClH/c15-10-1-2-12(14(16,17)18)11(9-10)13(3-4-19)21-7-5-20-6-8-21;;/h1-2,9,13,20H,3,5-8H2;2*1H/t13-;;/m0../s1. The van der Waals surface area contributed by atoms with Gasteiger partial charge in [0, 0.05) is 32.2 Å². The van der Waals surface area contributed by atoms with Gasteiger partial charge in [-0.1, -0.05) is 0 Å². The van der Waals surface area contributed by atoms with E-state index in [-0.39, 0.29) is 36.8 Å². The zero-order chi connectivity index (χ0) is 15.5. The number of piperazine rings is 1. The molecule has 9 heteroatoms. The van der Waals surface area contributed by atoms with E-state index in [2.05, 4.69) is 5.32 Å². The number of rotatable bonds is 3. The molecule has 1 atom stereocenters. The zero-order valence-corrected chi connectivity index (χ0v) is 13.7. The van der Waals surface area contributed by atoms with Crippen LogP contribution in [0.1, 0.15) is 23.6 Å². The Kier molecular flexibility index (Phi) is 8.85. The molecule has 0 bridgehead atoms. The molecule has 1 saturated heterocycles. The average molecular weight is 374 g/mol. The van der Waals surface area contributed by atoms with Crippen LogP contribution < -0.4 is 5.32 Å². The maximum absolute atomic E-state index is 13.4. The van der Waals surface area contributed by atoms with Gasteiger partial charge in [0.2, 0.25) is 0 Å². The van der Waals surface area contributed by atoms with Crippen LogP contribution in [0.4, 0.5) is 17.6 Å². The monoisotopic (exact) mass is 373 g/mol. The molecule has 0 unspecified atom stereocenters. The fourth-order valence-corrected chi connectivity index (χ4v) is 2.58. The first kappa shape index (κ1) is 21.9. The molecule has 0 aliphatic carbocycles. The number of nitrogens with one attached hydrogen (secondary N) is 1. The van der Waals surface area contributed by atoms with Gasteiger partial charge >= 0.3 is 6.18 Å². The first-order chi connectivity index (χ1) is 9.93. The fraction of sp³-hybridized carbons (Fsp3) is 0.500. The molecule has 23 heavy (non-hydrogen) atoms. The second kappa shape index (κ2) is 9.28. The fourth-order valence-electron chi connectivity index (χ4n) is 2.58. The van der Waals surface area contributed by atoms with Gasteiger partial charge < -0.3 is 5.32 Å². The lowest BCUT2D eigenvalue weighted by atomic mass is 9.95. The van der Waals surface area contributed by atoms with Crippen LogP contribution in [0.15, 0.2) is 18.2 Å². The van der Waals surface area contributed by atoms with Gasteiger partial charge in [0.15, 0.2) is 0 Å². The van der Waals surface area contributed by atoms with Crippen LogP contribution in [0.5, 0.6) is 0 Å². The lowest BCUT2D eigenvalue weighted by Crippen LogP contribution is -2.45. The molecule has 1 heterocycles. The topological polar surface area (TPSA) is 39.1 Å². The maximum Gasteiger partial charge on any atom is 0.416 e. The summed E-state index contributed by atoms with van der Waals surface area (Å²) in [5, 5.41) is 12.0. The minimum Gasteiger partial charge on any atom is -0.314 e. The van der Waals surface area contributed by atoms with Crippen molar-refractivity contribution in [2.45, 2.75) is 18.6 Å². The second-order valence-corrected chi connectivity index (χ2v) is 4.89. The summed E-state index contributed by atoms with van der Waals surface area (Å²) in [6, 6.07) is 3.61. The molecule has 1 aliphatic rings. The predicted molar refractivity (Wildman–Crippen MR) is 83.3 cm³/mol. The number of nitriles is 1. The SMILES string of the molecule is Cl.Cl.N#CC[C@@H](c1cc(F)ccc1C(F)(F)F)N1CCNCC1. The van der Waals surface area contributed by atoms with Gasteiger partial charge in [-0.05, 0) is 23.8 Å². The van der Waals surface area contributed by atoms with Crippen molar-refractivity contribution in [1.29, 1.82) is 5.26 Å². The van der Waals surface area contributed by atoms with Crippen LogP contribution in [0.2, 0.25) is 0 Å². The summed E-state index contributed by atoms with van der Waals surface area (Å²) in [6.07, 6.45) is -4.67. The Labute approximate surface area is 144 Å². The van der Waals surface area contributed by atoms with Crippen LogP contribution >= 0.6 is 24.8 Å². The second-order valence-electron chi connectivity index (χ2n) is 4.89. The van der Waals surface area contributed by atoms with E-state index in [1.807, 2.05) is 6.07 Å². The predicted octanol–water partition coefficient (Wildman–Crippen LogP) is 3.55. The maximum atomic E-state index is 13.4. The molecule has 0 amide bonds. The summed E-state index contributed by atoms with van der Waals surface area (Å²) in [4.78, 5) is 1.80. The van der Waals surface area contributed by atoms with E-state index in [9.17, 15) is 17.6 Å². The molecule has 130 valence electrons. The average Bonchev–Trinajstić information content (AvgIpc) is 2.44. The highest BCUT2D eigenvalue weighted by Crippen LogP contribution is 2.37. The van der Waals surface area contributed by atoms with E-state index in [4.69, 9.17) is 5.26 Å². The van der Waals surface area contributed by atoms with E-state index in [0.717, 1.165) is 18.2 Å². The molecule has 1 N–H and O–H groups in total. The minimum atomic E-state index is -4.56. The van der Waals surface area contributed by atoms with Gasteiger partial charge in [-0.25, -0.2) is 4.39 Å². The lowest BCUT2D eigenvalue weighted by Gasteiger charge is -2.35. The summed E-state index contributed by atoms with van der Waals surface area (Å²) >= 11 is 0. The van der Waals surface area contributed by atoms with Crippen molar-refractivity contribution < 1.29 is 17.6 Å². The van der Waals surface area contributed by atoms with Gasteiger partial charge in [-0.15, -0.1) is 24.8 Å². The van der Waals surface area contributed by atoms with Gasteiger partial charge in [0.1, 0.15) is 5.82 Å². The normalized spacial score (nSPS) is 16.7. The first-order valence-corrected chi connectivity index (χ1v) is 6.62. The number of halogens is 6. The van der Waals surface area contributed by atoms with Crippen LogP contribution in [-0.4, -0.2) is 31.1 Å². The van der Waals surface area contributed by atoms with Crippen LogP contribution in [-0.2, 0) is 6.18 Å². The van der Waals surface area contributed by atoms with Gasteiger partial charge in [-0.3, -0.25) is 4.90 Å². The Hall–Kier alpha value is -1.07. The highest BCUT2D eigenvalue weighted by Gasteiger charge is 2.37. The van der Waals surface area contributed by atoms with Crippen LogP contribution in [0, 0.1) is 17.1 Å². The van der Waals surface area contributed by atoms with Crippen molar-refractivity contribution in [3.8, 4) is 6.07 Å². The Morgan fingerprint density at radius 3 is 2.35 bits per heavy atom. The summed E-state index contributed by atoms with van der Waals surface area (Å²) in [5.74, 6) is -0.726. The molecule has 2 rings (SSSR count). The molecule has 0 radical (unpaired) electrons. The van der Waals surface area contributed by atoms with Crippen LogP contribution in [0.3, 0.4) is 0 Å². The van der Waals surface area contributed by atoms with Gasteiger partial charge in [0.05, 0.1) is 18.1 Å². The Morgan fingerprint density at radius 2 is 1.83 bits per heavy atom. The number of alkyl halides is 3. The Bertz CT molecular complexity index is 540. The van der Waals surface area contributed by atoms with E-state index in [1.165, 1.54) is 0 Å². The van der Waals surface area contributed by atoms with E-state index in [1.54, 1.807) is 4.90 Å². The molecule has 0 aromatic heterocycles. The summed E-state index contributed by atoms with van der Waals surface area (Å²) < 4.78 is 52.8. The van der Waals surface area contributed by atoms with Crippen LogP contribution in [0.25, 0.3) is 0 Å². The van der Waals surface area contributed by atoms with Crippen molar-refractivity contribution in [3.63, 3.8) is 0 Å². The van der Waals surface area contributed by atoms with E-state index < -0.39 is 23.6 Å². The molecule has 0 saturated carbocycles. The third-order valence-corrected chi connectivity index (χ3v) is 3.56. The Balaban J connectivity index is 0.00000242. The third kappa shape index (κ3) is 5.50. The summed E-state index contributed by atoms with van der Waals surface area (Å²) in [5.41, 5.74) is -1.03. The minimum absolute atomic E-state index is 0. The number of benzene rings is 1. The van der Waals surface area contributed by atoms with Crippen molar-refractivity contribution in [2.24, 2.45) is 0 Å². The molecular weight excluding hydrogens is 357 g/mol. The van der Waals surface area contributed by atoms with Crippen molar-refractivity contribution in [3.05, 3.63) is 35.1 Å². The summed E-state index contributed by atoms with van der Waals surface area (Å²) in [6.45, 7) is 2.33. The van der Waals surface area contributed by atoms with Crippen molar-refractivity contribution in [2.75, 3.05) is 26.2 Å². The van der Waals surface area contributed by atoms with Crippen molar-refractivity contribution >= 4 is 24.8 Å². The van der Waals surface area contributed by atoms with E-state index >= 15 is 0 Å². The van der Waals surface area contributed by atoms with Crippen molar-refractivity contribution in [1.82, 2.24) is 10.2 Å². The lowest BCUT2D eigenvalue weighted by molar-refractivity contribution is -0.138. The molecular formula is C14H17Cl2F4N3. The molecule has 1 aliphatic heterocycles. The summed E-state index contributed by atoms with van der Waals surface area (Å²) in [7, 11) is 0. The molecule has 3 nitrogen and oxygen atoms in total. The largest absolute Gasteiger partial charge is 0.416 e. The van der Waals surface area contributed by atoms with E-state index in [0.29, 0.717) is 26.2 Å². The Morgan fingerprint density at radius 1 is 1.22 bits per heavy atom. The highest BCUT2D eigenvalue weighted by molar-refractivity contribution is 5.85. The molecule has 1 aromatic carbocycles. The highest BCUT2D eigenvalue weighted by atomic mass is 35.5. The molecule has 1 aromatic rings. The smallest absolute Gasteiger partial charge is 0.314 e. The first-order valence-electron chi connectivity index (χ1n) is 6.62. The third-order valence-electron chi connectivity index (χ3n) is 3.56.